The molecular weight excluding hydrogens is 372 g/mol. The van der Waals surface area contributed by atoms with Gasteiger partial charge in [0, 0.05) is 0 Å². The summed E-state index contributed by atoms with van der Waals surface area (Å²) >= 11 is 0. The minimum atomic E-state index is -0.789. The van der Waals surface area contributed by atoms with E-state index in [0.717, 1.165) is 28.4 Å². The molecule has 0 aromatic carbocycles. The highest BCUT2D eigenvalue weighted by Gasteiger charge is 2.20. The zero-order valence-corrected chi connectivity index (χ0v) is 15.5. The van der Waals surface area contributed by atoms with Crippen LogP contribution >= 0.6 is 0 Å². The Kier molecular flexibility index (Phi) is 6.38. The molecule has 2 aromatic rings. The number of esters is 4. The predicted molar refractivity (Wildman–Crippen MR) is 92.8 cm³/mol. The van der Waals surface area contributed by atoms with Gasteiger partial charge in [-0.05, 0) is 35.4 Å². The number of pyridine rings is 2. The van der Waals surface area contributed by atoms with Crippen molar-refractivity contribution in [1.82, 2.24) is 9.97 Å². The molecule has 0 fully saturated rings. The smallest absolute Gasteiger partial charge is 0.356 e. The van der Waals surface area contributed by atoms with Gasteiger partial charge in [0.1, 0.15) is 22.8 Å². The summed E-state index contributed by atoms with van der Waals surface area (Å²) < 4.78 is 18.6. The second kappa shape index (κ2) is 8.71. The van der Waals surface area contributed by atoms with Gasteiger partial charge >= 0.3 is 23.9 Å². The van der Waals surface area contributed by atoms with Crippen molar-refractivity contribution >= 4 is 23.9 Å². The molecule has 2 rings (SSSR count). The predicted octanol–water partition coefficient (Wildman–Crippen LogP) is 1.29. The van der Waals surface area contributed by atoms with Gasteiger partial charge in [0.2, 0.25) is 0 Å². The number of rotatable bonds is 5. The first-order valence-corrected chi connectivity index (χ1v) is 7.72. The van der Waals surface area contributed by atoms with Crippen molar-refractivity contribution in [2.45, 2.75) is 0 Å². The molecule has 0 aliphatic carbocycles. The van der Waals surface area contributed by atoms with E-state index < -0.39 is 23.9 Å². The standard InChI is InChI=1S/C18H16N2O8/c1-25-15(21)11-5-9(6-12(19-11)16(22)26-2)10-7-13(17(23)27-3)20-14(8-10)18(24)28-4/h5-8H,1-4H3. The van der Waals surface area contributed by atoms with Crippen LogP contribution in [0.3, 0.4) is 0 Å². The van der Waals surface area contributed by atoms with E-state index in [0.29, 0.717) is 0 Å². The summed E-state index contributed by atoms with van der Waals surface area (Å²) in [6, 6.07) is 5.32. The van der Waals surface area contributed by atoms with Crippen LogP contribution < -0.4 is 0 Å². The molecule has 0 aliphatic rings. The largest absolute Gasteiger partial charge is 0.464 e. The molecular formula is C18H16N2O8. The van der Waals surface area contributed by atoms with Crippen molar-refractivity contribution in [2.24, 2.45) is 0 Å². The molecule has 2 heterocycles. The fraction of sp³-hybridized carbons (Fsp3) is 0.222. The Labute approximate surface area is 159 Å². The third-order valence-corrected chi connectivity index (χ3v) is 3.56. The lowest BCUT2D eigenvalue weighted by Gasteiger charge is -2.10. The van der Waals surface area contributed by atoms with E-state index in [2.05, 4.69) is 28.9 Å². The minimum Gasteiger partial charge on any atom is -0.464 e. The van der Waals surface area contributed by atoms with Gasteiger partial charge in [-0.3, -0.25) is 0 Å². The SMILES string of the molecule is COC(=O)c1cc(-c2cc(C(=O)OC)nc(C(=O)OC)c2)cc(C(=O)OC)n1. The molecule has 146 valence electrons. The molecule has 0 bridgehead atoms. The Balaban J connectivity index is 2.74. The van der Waals surface area contributed by atoms with Crippen molar-refractivity contribution in [1.29, 1.82) is 0 Å². The maximum Gasteiger partial charge on any atom is 0.356 e. The molecule has 0 N–H and O–H groups in total. The third kappa shape index (κ3) is 4.29. The highest BCUT2D eigenvalue weighted by Crippen LogP contribution is 2.24. The fourth-order valence-corrected chi connectivity index (χ4v) is 2.23. The Hall–Kier alpha value is -3.82. The first-order chi connectivity index (χ1) is 13.3. The number of aromatic nitrogens is 2. The van der Waals surface area contributed by atoms with E-state index in [1.54, 1.807) is 0 Å². The molecule has 0 saturated carbocycles. The average molecular weight is 388 g/mol. The summed E-state index contributed by atoms with van der Waals surface area (Å²) in [5, 5.41) is 0. The summed E-state index contributed by atoms with van der Waals surface area (Å²) in [4.78, 5) is 55.4. The first kappa shape index (κ1) is 20.5. The van der Waals surface area contributed by atoms with Crippen molar-refractivity contribution in [3.8, 4) is 11.1 Å². The molecule has 2 aromatic heterocycles. The van der Waals surface area contributed by atoms with E-state index in [-0.39, 0.29) is 33.9 Å². The summed E-state index contributed by atoms with van der Waals surface area (Å²) in [7, 11) is 4.63. The highest BCUT2D eigenvalue weighted by molar-refractivity contribution is 5.96. The van der Waals surface area contributed by atoms with Crippen molar-refractivity contribution < 1.29 is 38.1 Å². The topological polar surface area (TPSA) is 131 Å². The second-order valence-electron chi connectivity index (χ2n) is 5.22. The monoisotopic (exact) mass is 388 g/mol. The van der Waals surface area contributed by atoms with Crippen LogP contribution in [0.2, 0.25) is 0 Å². The van der Waals surface area contributed by atoms with Crippen molar-refractivity contribution in [3.05, 3.63) is 47.0 Å². The van der Waals surface area contributed by atoms with Gasteiger partial charge in [-0.2, -0.15) is 0 Å². The van der Waals surface area contributed by atoms with Gasteiger partial charge < -0.3 is 18.9 Å². The molecule has 0 atom stereocenters. The zero-order chi connectivity index (χ0) is 20.8. The molecule has 10 nitrogen and oxygen atoms in total. The average Bonchev–Trinajstić information content (AvgIpc) is 2.75. The normalized spacial score (nSPS) is 10.0. The van der Waals surface area contributed by atoms with Crippen LogP contribution in [0.1, 0.15) is 42.0 Å². The molecule has 0 saturated heterocycles. The van der Waals surface area contributed by atoms with E-state index in [9.17, 15) is 19.2 Å². The minimum absolute atomic E-state index is 0.170. The third-order valence-electron chi connectivity index (χ3n) is 3.56. The summed E-state index contributed by atoms with van der Waals surface area (Å²) in [6.07, 6.45) is 0. The number of ether oxygens (including phenoxy) is 4. The lowest BCUT2D eigenvalue weighted by molar-refractivity contribution is 0.0568. The molecule has 28 heavy (non-hydrogen) atoms. The quantitative estimate of drug-likeness (QED) is 0.545. The van der Waals surface area contributed by atoms with E-state index in [1.165, 1.54) is 24.3 Å². The Morgan fingerprint density at radius 2 is 0.750 bits per heavy atom. The fourth-order valence-electron chi connectivity index (χ4n) is 2.23. The van der Waals surface area contributed by atoms with Gasteiger partial charge in [0.25, 0.3) is 0 Å². The van der Waals surface area contributed by atoms with Crippen LogP contribution in [0.4, 0.5) is 0 Å². The number of nitrogens with zero attached hydrogens (tertiary/aromatic N) is 2. The van der Waals surface area contributed by atoms with Gasteiger partial charge in [-0.25, -0.2) is 29.1 Å². The first-order valence-electron chi connectivity index (χ1n) is 7.72. The lowest BCUT2D eigenvalue weighted by atomic mass is 10.0. The van der Waals surface area contributed by atoms with Crippen LogP contribution in [0.25, 0.3) is 11.1 Å². The maximum atomic E-state index is 11.9. The van der Waals surface area contributed by atoms with Gasteiger partial charge in [0.15, 0.2) is 0 Å². The molecule has 0 unspecified atom stereocenters. The number of carbonyl (C=O) groups excluding carboxylic acids is 4. The van der Waals surface area contributed by atoms with E-state index in [4.69, 9.17) is 0 Å². The second-order valence-corrected chi connectivity index (χ2v) is 5.22. The van der Waals surface area contributed by atoms with Crippen LogP contribution in [-0.2, 0) is 18.9 Å². The molecule has 10 heteroatoms. The van der Waals surface area contributed by atoms with E-state index in [1.807, 2.05) is 0 Å². The van der Waals surface area contributed by atoms with Crippen LogP contribution in [0.15, 0.2) is 24.3 Å². The Morgan fingerprint density at radius 1 is 0.536 bits per heavy atom. The number of carbonyl (C=O) groups is 4. The Bertz CT molecular complexity index is 809. The highest BCUT2D eigenvalue weighted by atomic mass is 16.5. The zero-order valence-electron chi connectivity index (χ0n) is 15.5. The van der Waals surface area contributed by atoms with Crippen LogP contribution in [0.5, 0.6) is 0 Å². The lowest BCUT2D eigenvalue weighted by Crippen LogP contribution is -2.13. The van der Waals surface area contributed by atoms with Gasteiger partial charge in [-0.15, -0.1) is 0 Å². The molecule has 0 amide bonds. The molecule has 0 radical (unpaired) electrons. The maximum absolute atomic E-state index is 11.9. The number of hydrogen-bond acceptors (Lipinski definition) is 10. The van der Waals surface area contributed by atoms with Crippen molar-refractivity contribution in [3.63, 3.8) is 0 Å². The van der Waals surface area contributed by atoms with Crippen LogP contribution in [-0.4, -0.2) is 62.3 Å². The van der Waals surface area contributed by atoms with Crippen LogP contribution in [0, 0.1) is 0 Å². The summed E-state index contributed by atoms with van der Waals surface area (Å²) in [5.74, 6) is -3.16. The van der Waals surface area contributed by atoms with Gasteiger partial charge in [-0.1, -0.05) is 0 Å². The van der Waals surface area contributed by atoms with E-state index >= 15 is 0 Å². The molecule has 0 aliphatic heterocycles. The van der Waals surface area contributed by atoms with Crippen molar-refractivity contribution in [2.75, 3.05) is 28.4 Å². The van der Waals surface area contributed by atoms with Gasteiger partial charge in [0.05, 0.1) is 28.4 Å². The Morgan fingerprint density at radius 3 is 0.929 bits per heavy atom. The summed E-state index contributed by atoms with van der Waals surface area (Å²) in [5.41, 5.74) is -0.109. The number of methoxy groups -OCH3 is 4. The number of hydrogen-bond donors (Lipinski definition) is 0. The summed E-state index contributed by atoms with van der Waals surface area (Å²) in [6.45, 7) is 0. The molecule has 0 spiro atoms.